The van der Waals surface area contributed by atoms with Crippen LogP contribution in [-0.2, 0) is 25.8 Å². The van der Waals surface area contributed by atoms with Crippen molar-refractivity contribution in [1.29, 1.82) is 0 Å². The van der Waals surface area contributed by atoms with E-state index >= 15 is 0 Å². The molecule has 1 heterocycles. The van der Waals surface area contributed by atoms with Gasteiger partial charge in [0.2, 0.25) is 15.9 Å². The van der Waals surface area contributed by atoms with Crippen LogP contribution in [0.15, 0.2) is 64.6 Å². The van der Waals surface area contributed by atoms with E-state index in [0.717, 1.165) is 10.4 Å². The Kier molecular flexibility index (Phi) is 8.42. The lowest BCUT2D eigenvalue weighted by Crippen LogP contribution is -2.36. The van der Waals surface area contributed by atoms with Gasteiger partial charge < -0.3 is 9.88 Å². The van der Waals surface area contributed by atoms with Crippen LogP contribution in [-0.4, -0.2) is 48.9 Å². The molecule has 0 radical (unpaired) electrons. The Balaban J connectivity index is 1.70. The number of carbonyl (C=O) groups excluding carboxylic acids is 2. The Morgan fingerprint density at radius 1 is 1.08 bits per heavy atom. The highest BCUT2D eigenvalue weighted by Gasteiger charge is 2.34. The van der Waals surface area contributed by atoms with Gasteiger partial charge in [0.05, 0.1) is 28.9 Å². The minimum atomic E-state index is -4.54. The number of nitrogens with one attached hydrogen (secondary N) is 2. The second-order valence-corrected chi connectivity index (χ2v) is 10.5. The van der Waals surface area contributed by atoms with E-state index in [0.29, 0.717) is 22.6 Å². The number of aryl methyl sites for hydroxylation is 1. The van der Waals surface area contributed by atoms with Crippen molar-refractivity contribution < 1.29 is 31.2 Å². The average molecular weight is 550 g/mol. The van der Waals surface area contributed by atoms with Crippen LogP contribution in [0.1, 0.15) is 29.4 Å². The SMILES string of the molecule is CC(=O)Nc1ccc(S(=O)(=O)N(C)CC(=O)N/N=C/c2cc(C)n(-c3ccccc3C(F)(F)F)c2C)cc1. The monoisotopic (exact) mass is 549 g/mol. The molecular weight excluding hydrogens is 523 g/mol. The number of nitrogens with zero attached hydrogens (tertiary/aromatic N) is 3. The predicted octanol–water partition coefficient (Wildman–Crippen LogP) is 3.84. The smallest absolute Gasteiger partial charge is 0.326 e. The van der Waals surface area contributed by atoms with Gasteiger partial charge in [-0.2, -0.15) is 22.6 Å². The lowest BCUT2D eigenvalue weighted by Gasteiger charge is -2.16. The first kappa shape index (κ1) is 28.6. The fourth-order valence-electron chi connectivity index (χ4n) is 3.79. The van der Waals surface area contributed by atoms with Crippen molar-refractivity contribution in [2.75, 3.05) is 18.9 Å². The van der Waals surface area contributed by atoms with E-state index in [1.807, 2.05) is 0 Å². The molecule has 0 spiro atoms. The zero-order valence-corrected chi connectivity index (χ0v) is 21.8. The first-order valence-corrected chi connectivity index (χ1v) is 12.7. The van der Waals surface area contributed by atoms with Gasteiger partial charge in [0.15, 0.2) is 0 Å². The second kappa shape index (κ2) is 11.2. The number of para-hydroxylation sites is 1. The Bertz CT molecular complexity index is 1480. The number of amides is 2. The van der Waals surface area contributed by atoms with Crippen molar-refractivity contribution in [2.45, 2.75) is 31.8 Å². The Hall–Kier alpha value is -3.97. The molecule has 0 saturated heterocycles. The Morgan fingerprint density at radius 2 is 1.71 bits per heavy atom. The molecule has 0 bridgehead atoms. The zero-order chi connectivity index (χ0) is 28.3. The molecule has 3 rings (SSSR count). The van der Waals surface area contributed by atoms with Crippen LogP contribution in [0.5, 0.6) is 0 Å². The van der Waals surface area contributed by atoms with Crippen molar-refractivity contribution in [2.24, 2.45) is 5.10 Å². The fourth-order valence-corrected chi connectivity index (χ4v) is 4.91. The Morgan fingerprint density at radius 3 is 2.32 bits per heavy atom. The van der Waals surface area contributed by atoms with Crippen LogP contribution >= 0.6 is 0 Å². The third-order valence-corrected chi connectivity index (χ3v) is 7.38. The first-order chi connectivity index (χ1) is 17.7. The second-order valence-electron chi connectivity index (χ2n) is 8.44. The van der Waals surface area contributed by atoms with Crippen molar-refractivity contribution >= 4 is 33.7 Å². The summed E-state index contributed by atoms with van der Waals surface area (Å²) in [5.41, 5.74) is 3.32. The summed E-state index contributed by atoms with van der Waals surface area (Å²) in [5.74, 6) is -1.03. The van der Waals surface area contributed by atoms with Crippen molar-refractivity contribution in [3.05, 3.63) is 77.1 Å². The van der Waals surface area contributed by atoms with E-state index in [1.54, 1.807) is 19.9 Å². The summed E-state index contributed by atoms with van der Waals surface area (Å²) in [4.78, 5) is 23.4. The third kappa shape index (κ3) is 6.47. The van der Waals surface area contributed by atoms with Gasteiger partial charge in [-0.25, -0.2) is 13.8 Å². The summed E-state index contributed by atoms with van der Waals surface area (Å²) < 4.78 is 68.3. The molecule has 0 saturated carbocycles. The molecule has 0 aliphatic carbocycles. The molecule has 0 fully saturated rings. The van der Waals surface area contributed by atoms with Crippen LogP contribution in [0.25, 0.3) is 5.69 Å². The predicted molar refractivity (Wildman–Crippen MR) is 137 cm³/mol. The number of sulfonamides is 1. The molecule has 9 nitrogen and oxygen atoms in total. The van der Waals surface area contributed by atoms with Crippen LogP contribution in [0, 0.1) is 13.8 Å². The molecule has 38 heavy (non-hydrogen) atoms. The van der Waals surface area contributed by atoms with Crippen molar-refractivity contribution in [3.63, 3.8) is 0 Å². The van der Waals surface area contributed by atoms with Crippen LogP contribution in [0.2, 0.25) is 0 Å². The summed E-state index contributed by atoms with van der Waals surface area (Å²) >= 11 is 0. The maximum absolute atomic E-state index is 13.5. The Labute approximate surface area is 218 Å². The topological polar surface area (TPSA) is 113 Å². The highest BCUT2D eigenvalue weighted by Crippen LogP contribution is 2.35. The number of alkyl halides is 3. The number of anilines is 1. The van der Waals surface area contributed by atoms with E-state index in [2.05, 4.69) is 15.8 Å². The first-order valence-electron chi connectivity index (χ1n) is 11.2. The van der Waals surface area contributed by atoms with E-state index in [-0.39, 0.29) is 16.5 Å². The average Bonchev–Trinajstić information content (AvgIpc) is 3.11. The van der Waals surface area contributed by atoms with Gasteiger partial charge in [-0.1, -0.05) is 12.1 Å². The largest absolute Gasteiger partial charge is 0.418 e. The minimum Gasteiger partial charge on any atom is -0.326 e. The van der Waals surface area contributed by atoms with Gasteiger partial charge in [0, 0.05) is 36.6 Å². The van der Waals surface area contributed by atoms with Crippen LogP contribution < -0.4 is 10.7 Å². The third-order valence-electron chi connectivity index (χ3n) is 5.56. The lowest BCUT2D eigenvalue weighted by molar-refractivity contribution is -0.137. The van der Waals surface area contributed by atoms with Gasteiger partial charge >= 0.3 is 6.18 Å². The van der Waals surface area contributed by atoms with Gasteiger partial charge in [0.25, 0.3) is 5.91 Å². The minimum absolute atomic E-state index is 0.0318. The summed E-state index contributed by atoms with van der Waals surface area (Å²) in [5, 5.41) is 6.38. The van der Waals surface area contributed by atoms with Gasteiger partial charge in [0.1, 0.15) is 0 Å². The quantitative estimate of drug-likeness (QED) is 0.328. The molecule has 0 aliphatic rings. The van der Waals surface area contributed by atoms with Gasteiger partial charge in [-0.05, 0) is 56.3 Å². The van der Waals surface area contributed by atoms with E-state index in [1.165, 1.54) is 67.2 Å². The fraction of sp³-hybridized carbons (Fsp3) is 0.240. The number of hydrogen-bond acceptors (Lipinski definition) is 5. The normalized spacial score (nSPS) is 12.2. The summed E-state index contributed by atoms with van der Waals surface area (Å²) in [6.45, 7) is 4.06. The number of halogens is 3. The highest BCUT2D eigenvalue weighted by atomic mass is 32.2. The number of carbonyl (C=O) groups is 2. The number of rotatable bonds is 8. The maximum atomic E-state index is 13.5. The summed E-state index contributed by atoms with van der Waals surface area (Å²) in [7, 11) is -2.77. The number of hydrazone groups is 1. The van der Waals surface area contributed by atoms with E-state index in [4.69, 9.17) is 0 Å². The molecule has 2 aromatic carbocycles. The lowest BCUT2D eigenvalue weighted by atomic mass is 10.1. The summed E-state index contributed by atoms with van der Waals surface area (Å²) in [6, 6.07) is 12.3. The van der Waals surface area contributed by atoms with Gasteiger partial charge in [-0.15, -0.1) is 0 Å². The molecule has 0 unspecified atom stereocenters. The molecule has 202 valence electrons. The molecule has 2 amide bonds. The number of benzene rings is 2. The van der Waals surface area contributed by atoms with E-state index < -0.39 is 34.2 Å². The molecular formula is C25H26F3N5O4S. The molecule has 3 aromatic rings. The standard InChI is InChI=1S/C25H26F3N5O4S/c1-16-13-19(17(2)33(16)23-8-6-5-7-22(23)25(26,27)28)14-29-31-24(35)15-32(4)38(36,37)21-11-9-20(10-12-21)30-18(3)34/h5-14H,15H2,1-4H3,(H,30,34)(H,31,35)/b29-14+. The molecule has 1 aromatic heterocycles. The summed E-state index contributed by atoms with van der Waals surface area (Å²) in [6.07, 6.45) is -3.26. The van der Waals surface area contributed by atoms with Crippen molar-refractivity contribution in [3.8, 4) is 5.69 Å². The number of aromatic nitrogens is 1. The number of hydrogen-bond donors (Lipinski definition) is 2. The van der Waals surface area contributed by atoms with Gasteiger partial charge in [-0.3, -0.25) is 9.59 Å². The number of likely N-dealkylation sites (N-methyl/N-ethyl adjacent to an activating group) is 1. The molecule has 2 N–H and O–H groups in total. The molecule has 0 aliphatic heterocycles. The molecule has 13 heteroatoms. The van der Waals surface area contributed by atoms with E-state index in [9.17, 15) is 31.2 Å². The van der Waals surface area contributed by atoms with Crippen molar-refractivity contribution in [1.82, 2.24) is 14.3 Å². The maximum Gasteiger partial charge on any atom is 0.418 e. The molecule has 0 atom stereocenters. The zero-order valence-electron chi connectivity index (χ0n) is 21.0. The van der Waals surface area contributed by atoms with Crippen LogP contribution in [0.4, 0.5) is 18.9 Å². The van der Waals surface area contributed by atoms with Crippen LogP contribution in [0.3, 0.4) is 0 Å². The highest BCUT2D eigenvalue weighted by molar-refractivity contribution is 7.89.